The van der Waals surface area contributed by atoms with E-state index < -0.39 is 24.0 Å². The second kappa shape index (κ2) is 19.7. The molecular formula is C12H34N6O4. The van der Waals surface area contributed by atoms with Crippen LogP contribution < -0.4 is 35.2 Å². The van der Waals surface area contributed by atoms with Crippen LogP contribution in [0.3, 0.4) is 0 Å². The molecule has 0 amide bonds. The van der Waals surface area contributed by atoms with Crippen LogP contribution in [0.2, 0.25) is 0 Å². The van der Waals surface area contributed by atoms with Crippen LogP contribution in [0.4, 0.5) is 0 Å². The Morgan fingerprint density at radius 3 is 1.18 bits per heavy atom. The molecule has 10 heteroatoms. The van der Waals surface area contributed by atoms with E-state index in [1.165, 1.54) is 0 Å². The Kier molecular flexibility index (Phi) is 25.8. The van der Waals surface area contributed by atoms with Gasteiger partial charge in [0.15, 0.2) is 0 Å². The monoisotopic (exact) mass is 326 g/mol. The molecule has 0 saturated heterocycles. The van der Waals surface area contributed by atoms with Crippen molar-refractivity contribution < 1.29 is 19.8 Å². The first-order chi connectivity index (χ1) is 9.36. The van der Waals surface area contributed by atoms with Crippen LogP contribution in [0.1, 0.15) is 38.5 Å². The molecule has 22 heavy (non-hydrogen) atoms. The summed E-state index contributed by atoms with van der Waals surface area (Å²) in [7, 11) is 0. The third-order valence-electron chi connectivity index (χ3n) is 2.57. The Morgan fingerprint density at radius 1 is 0.727 bits per heavy atom. The van der Waals surface area contributed by atoms with Crippen molar-refractivity contribution >= 4 is 11.9 Å². The van der Waals surface area contributed by atoms with Gasteiger partial charge in [0, 0.05) is 0 Å². The van der Waals surface area contributed by atoms with Crippen LogP contribution in [0.25, 0.3) is 0 Å². The van der Waals surface area contributed by atoms with Crippen LogP contribution in [-0.4, -0.2) is 47.3 Å². The van der Waals surface area contributed by atoms with E-state index >= 15 is 0 Å². The number of hydrogen-bond donors (Lipinski definition) is 8. The van der Waals surface area contributed by atoms with Crippen LogP contribution in [-0.2, 0) is 9.59 Å². The summed E-state index contributed by atoms with van der Waals surface area (Å²) in [6.45, 7) is 1.21. The highest BCUT2D eigenvalue weighted by atomic mass is 16.4. The van der Waals surface area contributed by atoms with E-state index in [1.54, 1.807) is 0 Å². The Balaban J connectivity index is -0.000000135. The third kappa shape index (κ3) is 21.0. The number of unbranched alkanes of at least 4 members (excludes halogenated alkanes) is 2. The van der Waals surface area contributed by atoms with Crippen molar-refractivity contribution in [2.45, 2.75) is 50.6 Å². The van der Waals surface area contributed by atoms with Crippen LogP contribution in [0.15, 0.2) is 0 Å². The van der Waals surface area contributed by atoms with Gasteiger partial charge in [-0.15, -0.1) is 0 Å². The lowest BCUT2D eigenvalue weighted by atomic mass is 10.1. The highest BCUT2D eigenvalue weighted by Gasteiger charge is 2.09. The minimum Gasteiger partial charge on any atom is -0.480 e. The van der Waals surface area contributed by atoms with E-state index in [-0.39, 0.29) is 12.3 Å². The number of carboxylic acids is 2. The zero-order valence-electron chi connectivity index (χ0n) is 13.2. The molecule has 10 nitrogen and oxygen atoms in total. The van der Waals surface area contributed by atoms with Gasteiger partial charge in [-0.1, -0.05) is 12.8 Å². The number of carbonyl (C=O) groups is 2. The number of nitrogens with two attached hydrogens (primary N) is 4. The number of rotatable bonds is 10. The van der Waals surface area contributed by atoms with Crippen molar-refractivity contribution in [1.82, 2.24) is 12.3 Å². The minimum atomic E-state index is -0.933. The lowest BCUT2D eigenvalue weighted by Gasteiger charge is -2.03. The van der Waals surface area contributed by atoms with Gasteiger partial charge in [-0.25, -0.2) is 0 Å². The fourth-order valence-corrected chi connectivity index (χ4v) is 1.26. The van der Waals surface area contributed by atoms with E-state index in [2.05, 4.69) is 0 Å². The summed E-state index contributed by atoms with van der Waals surface area (Å²) in [6.07, 6.45) is 4.33. The van der Waals surface area contributed by atoms with E-state index in [0.717, 1.165) is 25.7 Å². The van der Waals surface area contributed by atoms with Crippen LogP contribution >= 0.6 is 0 Å². The first kappa shape index (κ1) is 28.8. The van der Waals surface area contributed by atoms with E-state index in [4.69, 9.17) is 33.1 Å². The van der Waals surface area contributed by atoms with Gasteiger partial charge in [0.1, 0.15) is 12.1 Å². The highest BCUT2D eigenvalue weighted by molar-refractivity contribution is 5.73. The lowest BCUT2D eigenvalue weighted by Crippen LogP contribution is -2.29. The van der Waals surface area contributed by atoms with Gasteiger partial charge in [-0.2, -0.15) is 0 Å². The average molecular weight is 326 g/mol. The fraction of sp³-hybridized carbons (Fsp3) is 0.833. The van der Waals surface area contributed by atoms with Crippen LogP contribution in [0.5, 0.6) is 0 Å². The van der Waals surface area contributed by atoms with Gasteiger partial charge >= 0.3 is 11.9 Å². The zero-order chi connectivity index (χ0) is 16.0. The van der Waals surface area contributed by atoms with Crippen molar-refractivity contribution in [3.05, 3.63) is 0 Å². The van der Waals surface area contributed by atoms with Crippen LogP contribution in [0, 0.1) is 0 Å². The molecule has 2 unspecified atom stereocenters. The summed E-state index contributed by atoms with van der Waals surface area (Å²) < 4.78 is 0. The fourth-order valence-electron chi connectivity index (χ4n) is 1.26. The summed E-state index contributed by atoms with van der Waals surface area (Å²) in [5.74, 6) is -1.87. The third-order valence-corrected chi connectivity index (χ3v) is 2.57. The Labute approximate surface area is 131 Å². The summed E-state index contributed by atoms with van der Waals surface area (Å²) in [5, 5.41) is 16.7. The smallest absolute Gasteiger partial charge is 0.320 e. The predicted octanol–water partition coefficient (Wildman–Crippen LogP) is -0.621. The first-order valence-electron chi connectivity index (χ1n) is 6.73. The van der Waals surface area contributed by atoms with Crippen molar-refractivity contribution in [2.75, 3.05) is 13.1 Å². The van der Waals surface area contributed by atoms with Gasteiger partial charge in [-0.05, 0) is 38.8 Å². The molecule has 0 aliphatic rings. The Morgan fingerprint density at radius 2 is 1.00 bits per heavy atom. The summed E-state index contributed by atoms with van der Waals surface area (Å²) >= 11 is 0. The standard InChI is InChI=1S/2C6H14N2O2.2H3N/c2*7-4-2-1-3-5(8)6(9)10;;/h2*5H,1-4,7-8H2,(H,9,10);2*1H3. The molecular weight excluding hydrogens is 292 g/mol. The molecule has 0 fully saturated rings. The molecule has 0 spiro atoms. The molecule has 0 aromatic heterocycles. The van der Waals surface area contributed by atoms with Crippen molar-refractivity contribution in [1.29, 1.82) is 0 Å². The zero-order valence-corrected chi connectivity index (χ0v) is 13.2. The maximum Gasteiger partial charge on any atom is 0.320 e. The molecule has 0 bridgehead atoms. The summed E-state index contributed by atoms with van der Waals surface area (Å²) in [4.78, 5) is 20.3. The molecule has 0 aromatic carbocycles. The molecule has 16 N–H and O–H groups in total. The highest BCUT2D eigenvalue weighted by Crippen LogP contribution is 1.97. The number of aliphatic carboxylic acids is 2. The Hall–Kier alpha value is -1.30. The van der Waals surface area contributed by atoms with E-state index in [9.17, 15) is 9.59 Å². The maximum absolute atomic E-state index is 10.1. The second-order valence-electron chi connectivity index (χ2n) is 4.46. The van der Waals surface area contributed by atoms with Gasteiger partial charge < -0.3 is 45.4 Å². The topological polar surface area (TPSA) is 249 Å². The van der Waals surface area contributed by atoms with Crippen molar-refractivity contribution in [3.63, 3.8) is 0 Å². The van der Waals surface area contributed by atoms with Crippen molar-refractivity contribution in [3.8, 4) is 0 Å². The average Bonchev–Trinajstić information content (AvgIpc) is 2.39. The molecule has 0 aliphatic heterocycles. The van der Waals surface area contributed by atoms with E-state index in [1.807, 2.05) is 0 Å². The Bertz CT molecular complexity index is 242. The normalized spacial score (nSPS) is 11.8. The SMILES string of the molecule is N.N.NCCCCC(N)C(=O)O.NCCCCC(N)C(=O)O. The molecule has 2 atom stereocenters. The lowest BCUT2D eigenvalue weighted by molar-refractivity contribution is -0.139. The number of hydrogen-bond acceptors (Lipinski definition) is 8. The largest absolute Gasteiger partial charge is 0.480 e. The maximum atomic E-state index is 10.1. The van der Waals surface area contributed by atoms with Gasteiger partial charge in [-0.3, -0.25) is 9.59 Å². The summed E-state index contributed by atoms with van der Waals surface area (Å²) in [6, 6.07) is -1.43. The predicted molar refractivity (Wildman–Crippen MR) is 87.1 cm³/mol. The molecule has 0 radical (unpaired) electrons. The first-order valence-corrected chi connectivity index (χ1v) is 6.73. The summed E-state index contributed by atoms with van der Waals surface area (Å²) in [5.41, 5.74) is 20.8. The van der Waals surface area contributed by atoms with Crippen molar-refractivity contribution in [2.24, 2.45) is 22.9 Å². The molecule has 0 rings (SSSR count). The molecule has 0 aromatic rings. The van der Waals surface area contributed by atoms with Gasteiger partial charge in [0.25, 0.3) is 0 Å². The number of carboxylic acid groups (broad SMARTS) is 2. The molecule has 0 aliphatic carbocycles. The van der Waals surface area contributed by atoms with Gasteiger partial charge in [0.2, 0.25) is 0 Å². The van der Waals surface area contributed by atoms with Gasteiger partial charge in [0.05, 0.1) is 0 Å². The minimum absolute atomic E-state index is 0. The molecule has 0 saturated carbocycles. The molecule has 0 heterocycles. The second-order valence-corrected chi connectivity index (χ2v) is 4.46. The quantitative estimate of drug-likeness (QED) is 0.236. The molecule has 136 valence electrons. The van der Waals surface area contributed by atoms with E-state index in [0.29, 0.717) is 25.9 Å².